The number of unbranched alkanes of at least 4 members (excludes halogenated alkanes) is 1. The Morgan fingerprint density at radius 1 is 1.40 bits per heavy atom. The molecule has 1 heterocycles. The van der Waals surface area contributed by atoms with Gasteiger partial charge in [0.15, 0.2) is 11.8 Å². The topological polar surface area (TPSA) is 67.6 Å². The zero-order valence-electron chi connectivity index (χ0n) is 16.0. The molecule has 0 amide bonds. The van der Waals surface area contributed by atoms with Gasteiger partial charge in [0.2, 0.25) is 0 Å². The summed E-state index contributed by atoms with van der Waals surface area (Å²) in [6, 6.07) is 0. The van der Waals surface area contributed by atoms with E-state index in [-0.39, 0.29) is 24.0 Å². The Kier molecular flexibility index (Phi) is 10.3. The van der Waals surface area contributed by atoms with Crippen molar-refractivity contribution < 1.29 is 4.74 Å². The first-order chi connectivity index (χ1) is 11.6. The average Bonchev–Trinajstić information content (AvgIpc) is 3.35. The third-order valence-corrected chi connectivity index (χ3v) is 4.35. The third kappa shape index (κ3) is 7.89. The fourth-order valence-corrected chi connectivity index (χ4v) is 2.26. The van der Waals surface area contributed by atoms with Crippen LogP contribution in [-0.2, 0) is 18.3 Å². The molecular weight excluding hydrogens is 431 g/mol. The molecule has 0 bridgehead atoms. The van der Waals surface area contributed by atoms with E-state index in [0.717, 1.165) is 62.7 Å². The van der Waals surface area contributed by atoms with Gasteiger partial charge in [-0.25, -0.2) is 4.99 Å². The van der Waals surface area contributed by atoms with Crippen LogP contribution in [0.2, 0.25) is 0 Å². The second-order valence-corrected chi connectivity index (χ2v) is 6.58. The summed E-state index contributed by atoms with van der Waals surface area (Å²) in [6.07, 6.45) is 4.96. The zero-order valence-corrected chi connectivity index (χ0v) is 18.3. The Morgan fingerprint density at radius 3 is 2.76 bits per heavy atom. The number of aromatic nitrogens is 3. The summed E-state index contributed by atoms with van der Waals surface area (Å²) >= 11 is 0. The van der Waals surface area contributed by atoms with Gasteiger partial charge in [-0.1, -0.05) is 13.3 Å². The van der Waals surface area contributed by atoms with Crippen molar-refractivity contribution in [1.82, 2.24) is 25.0 Å². The van der Waals surface area contributed by atoms with E-state index in [0.29, 0.717) is 6.54 Å². The van der Waals surface area contributed by atoms with E-state index in [1.165, 1.54) is 12.8 Å². The fourth-order valence-electron chi connectivity index (χ4n) is 2.26. The molecule has 0 aromatic carbocycles. The number of hydrogen-bond acceptors (Lipinski definition) is 4. The quantitative estimate of drug-likeness (QED) is 0.249. The molecule has 1 aromatic rings. The van der Waals surface area contributed by atoms with Crippen molar-refractivity contribution in [1.29, 1.82) is 0 Å². The van der Waals surface area contributed by atoms with E-state index in [1.54, 1.807) is 0 Å². The number of ether oxygens (including phenoxy) is 1. The highest BCUT2D eigenvalue weighted by molar-refractivity contribution is 14.0. The number of rotatable bonds is 10. The Balaban J connectivity index is 0.00000312. The number of aryl methyl sites for hydroxylation is 1. The molecule has 1 aliphatic carbocycles. The minimum Gasteiger partial charge on any atom is -0.379 e. The van der Waals surface area contributed by atoms with Gasteiger partial charge >= 0.3 is 0 Å². The molecule has 0 radical (unpaired) electrons. The summed E-state index contributed by atoms with van der Waals surface area (Å²) in [6.45, 7) is 8.08. The van der Waals surface area contributed by atoms with Crippen LogP contribution in [0.25, 0.3) is 0 Å². The van der Waals surface area contributed by atoms with Gasteiger partial charge < -0.3 is 19.5 Å². The second-order valence-electron chi connectivity index (χ2n) is 6.58. The van der Waals surface area contributed by atoms with Gasteiger partial charge in [0, 0.05) is 33.8 Å². The summed E-state index contributed by atoms with van der Waals surface area (Å²) < 4.78 is 7.72. The fraction of sp³-hybridized carbons (Fsp3) is 0.824. The lowest BCUT2D eigenvalue weighted by Gasteiger charge is -2.22. The molecule has 0 aliphatic heterocycles. The first-order valence-electron chi connectivity index (χ1n) is 9.03. The molecule has 0 atom stereocenters. The van der Waals surface area contributed by atoms with Crippen LogP contribution in [0.1, 0.15) is 44.3 Å². The van der Waals surface area contributed by atoms with Crippen LogP contribution in [0.5, 0.6) is 0 Å². The Labute approximate surface area is 168 Å². The minimum atomic E-state index is 0. The highest BCUT2D eigenvalue weighted by Gasteiger charge is 2.21. The molecule has 0 spiro atoms. The van der Waals surface area contributed by atoms with Crippen LogP contribution < -0.4 is 5.32 Å². The smallest absolute Gasteiger partial charge is 0.194 e. The van der Waals surface area contributed by atoms with Gasteiger partial charge in [-0.15, -0.1) is 34.2 Å². The van der Waals surface area contributed by atoms with Crippen molar-refractivity contribution >= 4 is 29.9 Å². The summed E-state index contributed by atoms with van der Waals surface area (Å²) in [5.41, 5.74) is 0. The Morgan fingerprint density at radius 2 is 2.16 bits per heavy atom. The lowest BCUT2D eigenvalue weighted by Crippen LogP contribution is -2.41. The number of likely N-dealkylation sites (N-methyl/N-ethyl adjacent to an activating group) is 1. The second kappa shape index (κ2) is 11.7. The summed E-state index contributed by atoms with van der Waals surface area (Å²) in [4.78, 5) is 6.85. The standard InChI is InChI=1S/C17H32N6O.HI/c1-5-6-9-18-17(19-12-16-21-20-14(2)23(16)4)22(3)10-11-24-13-15-7-8-15;/h15H,5-13H2,1-4H3,(H,18,19);1H. The van der Waals surface area contributed by atoms with Crippen LogP contribution >= 0.6 is 24.0 Å². The van der Waals surface area contributed by atoms with E-state index in [4.69, 9.17) is 9.73 Å². The van der Waals surface area contributed by atoms with Crippen molar-refractivity contribution in [3.63, 3.8) is 0 Å². The van der Waals surface area contributed by atoms with Crippen molar-refractivity contribution in [3.8, 4) is 0 Å². The van der Waals surface area contributed by atoms with Gasteiger partial charge in [-0.3, -0.25) is 0 Å². The van der Waals surface area contributed by atoms with Crippen LogP contribution in [0, 0.1) is 12.8 Å². The van der Waals surface area contributed by atoms with Gasteiger partial charge in [0.1, 0.15) is 12.4 Å². The highest BCUT2D eigenvalue weighted by Crippen LogP contribution is 2.28. The first kappa shape index (κ1) is 22.1. The summed E-state index contributed by atoms with van der Waals surface area (Å²) in [5.74, 6) is 3.49. The maximum atomic E-state index is 5.74. The monoisotopic (exact) mass is 464 g/mol. The molecule has 7 nitrogen and oxygen atoms in total. The predicted octanol–water partition coefficient (Wildman–Crippen LogP) is 2.35. The van der Waals surface area contributed by atoms with Gasteiger partial charge in [-0.05, 0) is 32.1 Å². The number of nitrogens with one attached hydrogen (secondary N) is 1. The Hall–Kier alpha value is -0.900. The molecular formula is C17H33IN6O. The maximum Gasteiger partial charge on any atom is 0.194 e. The van der Waals surface area contributed by atoms with E-state index in [2.05, 4.69) is 34.4 Å². The number of guanidine groups is 1. The van der Waals surface area contributed by atoms with Crippen molar-refractivity contribution in [2.45, 2.75) is 46.1 Å². The van der Waals surface area contributed by atoms with Crippen molar-refractivity contribution in [3.05, 3.63) is 11.6 Å². The van der Waals surface area contributed by atoms with E-state index in [9.17, 15) is 0 Å². The molecule has 1 aromatic heterocycles. The number of aliphatic imine (C=N–C) groups is 1. The van der Waals surface area contributed by atoms with Crippen LogP contribution in [-0.4, -0.2) is 59.0 Å². The normalized spacial score (nSPS) is 14.3. The van der Waals surface area contributed by atoms with Crippen molar-refractivity contribution in [2.75, 3.05) is 33.4 Å². The molecule has 1 N–H and O–H groups in total. The minimum absolute atomic E-state index is 0. The molecule has 25 heavy (non-hydrogen) atoms. The van der Waals surface area contributed by atoms with Gasteiger partial charge in [0.05, 0.1) is 6.61 Å². The van der Waals surface area contributed by atoms with Crippen LogP contribution in [0.4, 0.5) is 0 Å². The van der Waals surface area contributed by atoms with Crippen LogP contribution in [0.15, 0.2) is 4.99 Å². The van der Waals surface area contributed by atoms with Crippen LogP contribution in [0.3, 0.4) is 0 Å². The van der Waals surface area contributed by atoms with E-state index >= 15 is 0 Å². The highest BCUT2D eigenvalue weighted by atomic mass is 127. The lowest BCUT2D eigenvalue weighted by molar-refractivity contribution is 0.115. The molecule has 8 heteroatoms. The molecule has 2 rings (SSSR count). The van der Waals surface area contributed by atoms with Gasteiger partial charge in [0.25, 0.3) is 0 Å². The molecule has 1 aliphatic rings. The number of hydrogen-bond donors (Lipinski definition) is 1. The zero-order chi connectivity index (χ0) is 17.4. The first-order valence-corrected chi connectivity index (χ1v) is 9.03. The SMILES string of the molecule is CCCCNC(=NCc1nnc(C)n1C)N(C)CCOCC1CC1.I. The number of halogens is 1. The molecule has 0 unspecified atom stereocenters. The van der Waals surface area contributed by atoms with Crippen molar-refractivity contribution in [2.24, 2.45) is 18.0 Å². The molecule has 1 fully saturated rings. The molecule has 144 valence electrons. The number of nitrogens with zero attached hydrogens (tertiary/aromatic N) is 5. The molecule has 0 saturated heterocycles. The average molecular weight is 464 g/mol. The molecule has 1 saturated carbocycles. The van der Waals surface area contributed by atoms with E-state index < -0.39 is 0 Å². The summed E-state index contributed by atoms with van der Waals surface area (Å²) in [7, 11) is 4.03. The lowest BCUT2D eigenvalue weighted by atomic mass is 10.3. The largest absolute Gasteiger partial charge is 0.379 e. The summed E-state index contributed by atoms with van der Waals surface area (Å²) in [5, 5.41) is 11.7. The van der Waals surface area contributed by atoms with Gasteiger partial charge in [-0.2, -0.15) is 0 Å². The predicted molar refractivity (Wildman–Crippen MR) is 111 cm³/mol. The maximum absolute atomic E-state index is 5.74. The Bertz CT molecular complexity index is 529. The van der Waals surface area contributed by atoms with E-state index in [1.807, 2.05) is 18.5 Å². The third-order valence-electron chi connectivity index (χ3n) is 4.35.